The largest absolute Gasteiger partial charge is 0.508 e. The van der Waals surface area contributed by atoms with Gasteiger partial charge in [-0.25, -0.2) is 0 Å². The number of hydrogen-bond acceptors (Lipinski definition) is 7. The molecular weight excluding hydrogens is 522 g/mol. The maximum atomic E-state index is 13.9. The molecule has 2 amide bonds. The van der Waals surface area contributed by atoms with Gasteiger partial charge in [0.2, 0.25) is 11.8 Å². The molecule has 0 saturated carbocycles. The third-order valence-corrected chi connectivity index (χ3v) is 8.79. The summed E-state index contributed by atoms with van der Waals surface area (Å²) >= 11 is 0. The predicted octanol–water partition coefficient (Wildman–Crippen LogP) is 3.44. The average molecular weight is 554 g/mol. The van der Waals surface area contributed by atoms with E-state index in [1.54, 1.807) is 43.3 Å². The van der Waals surface area contributed by atoms with Crippen LogP contribution in [0.1, 0.15) is 36.8 Å². The second-order valence-electron chi connectivity index (χ2n) is 11.1. The van der Waals surface area contributed by atoms with Gasteiger partial charge in [0.15, 0.2) is 11.6 Å². The molecule has 2 aromatic carbocycles. The maximum Gasteiger partial charge on any atom is 0.233 e. The van der Waals surface area contributed by atoms with Crippen LogP contribution in [0.5, 0.6) is 11.5 Å². The number of Topliss-reactive ketones (excluding diaryl/α,β-unsaturated/α-hetero) is 1. The molecule has 1 aliphatic heterocycles. The zero-order chi connectivity index (χ0) is 28.8. The van der Waals surface area contributed by atoms with Crippen LogP contribution < -0.4 is 4.74 Å². The van der Waals surface area contributed by atoms with Crippen molar-refractivity contribution in [3.8, 4) is 11.5 Å². The molecule has 0 aromatic heterocycles. The number of likely N-dealkylation sites (tertiary alicyclic amines) is 1. The molecule has 0 spiro atoms. The van der Waals surface area contributed by atoms with Crippen molar-refractivity contribution in [2.24, 2.45) is 17.8 Å². The molecule has 4 atom stereocenters. The molecule has 0 radical (unpaired) electrons. The van der Waals surface area contributed by atoms with E-state index in [2.05, 4.69) is 0 Å². The third kappa shape index (κ3) is 4.62. The van der Waals surface area contributed by atoms with Gasteiger partial charge in [-0.1, -0.05) is 35.9 Å². The Labute approximate surface area is 237 Å². The first-order valence-electron chi connectivity index (χ1n) is 14.0. The highest BCUT2D eigenvalue weighted by Gasteiger charge is 2.56. The van der Waals surface area contributed by atoms with Gasteiger partial charge in [-0.2, -0.15) is 0 Å². The first-order chi connectivity index (χ1) is 19.8. The number of benzene rings is 2. The number of aliphatic hydroxyl groups is 1. The Hall–Kier alpha value is -4.30. The number of hydrogen-bond donors (Lipinski definition) is 2. The van der Waals surface area contributed by atoms with Crippen LogP contribution in [0.2, 0.25) is 0 Å². The van der Waals surface area contributed by atoms with E-state index in [9.17, 15) is 24.3 Å². The lowest BCUT2D eigenvalue weighted by Crippen LogP contribution is -2.40. The standard InChI is InChI=1S/C33H31NO7/c1-18-16-27(37)30-26(31(18)38)17-25-23(28(30)20-4-8-22(9-5-20)41-15-14-35)10-11-24-29(25)33(40)34(32(24)39)13-12-19-2-6-21(36)7-3-19/h2-10,16,24-25,28-29,35-36H,11-15,17H2,1H3/t24-,25+,28-,29-/m0/s1. The minimum absolute atomic E-state index is 0.112. The van der Waals surface area contributed by atoms with Gasteiger partial charge in [0.05, 0.1) is 18.4 Å². The lowest BCUT2D eigenvalue weighted by atomic mass is 9.59. The summed E-state index contributed by atoms with van der Waals surface area (Å²) < 4.78 is 5.51. The molecule has 6 rings (SSSR count). The number of phenols is 1. The number of aromatic hydroxyl groups is 1. The van der Waals surface area contributed by atoms with E-state index in [-0.39, 0.29) is 61.2 Å². The van der Waals surface area contributed by atoms with Crippen molar-refractivity contribution in [2.45, 2.75) is 32.1 Å². The smallest absolute Gasteiger partial charge is 0.233 e. The van der Waals surface area contributed by atoms with Gasteiger partial charge in [-0.3, -0.25) is 24.1 Å². The molecule has 4 aliphatic rings. The summed E-state index contributed by atoms with van der Waals surface area (Å²) in [5, 5.41) is 18.6. The van der Waals surface area contributed by atoms with Gasteiger partial charge >= 0.3 is 0 Å². The fourth-order valence-electron chi connectivity index (χ4n) is 6.87. The maximum absolute atomic E-state index is 13.9. The van der Waals surface area contributed by atoms with E-state index in [0.717, 1.165) is 16.7 Å². The van der Waals surface area contributed by atoms with E-state index < -0.39 is 17.8 Å². The number of amides is 2. The molecular formula is C33H31NO7. The molecule has 0 bridgehead atoms. The SMILES string of the molecule is CC1=CC(=O)C2=C(C[C@@H]3C(=CC[C@@H]4C(=O)N(CCc5ccc(O)cc5)C(=O)[C@@H]43)[C@@H]2c2ccc(OCCO)cc2)C1=O. The van der Waals surface area contributed by atoms with E-state index in [0.29, 0.717) is 35.3 Å². The topological polar surface area (TPSA) is 121 Å². The van der Waals surface area contributed by atoms with Crippen LogP contribution in [0, 0.1) is 17.8 Å². The lowest BCUT2D eigenvalue weighted by molar-refractivity contribution is -0.140. The van der Waals surface area contributed by atoms with Gasteiger partial charge in [-0.05, 0) is 73.6 Å². The predicted molar refractivity (Wildman–Crippen MR) is 149 cm³/mol. The Morgan fingerprint density at radius 1 is 0.951 bits per heavy atom. The fraction of sp³-hybridized carbons (Fsp3) is 0.333. The number of ether oxygens (including phenoxy) is 1. The van der Waals surface area contributed by atoms with E-state index >= 15 is 0 Å². The van der Waals surface area contributed by atoms with Crippen molar-refractivity contribution < 1.29 is 34.1 Å². The van der Waals surface area contributed by atoms with Crippen LogP contribution >= 0.6 is 0 Å². The van der Waals surface area contributed by atoms with Gasteiger partial charge < -0.3 is 14.9 Å². The fourth-order valence-corrected chi connectivity index (χ4v) is 6.87. The Morgan fingerprint density at radius 2 is 1.68 bits per heavy atom. The molecule has 1 saturated heterocycles. The van der Waals surface area contributed by atoms with Crippen LogP contribution in [-0.2, 0) is 25.6 Å². The zero-order valence-electron chi connectivity index (χ0n) is 22.7. The third-order valence-electron chi connectivity index (χ3n) is 8.79. The van der Waals surface area contributed by atoms with E-state index in [4.69, 9.17) is 9.84 Å². The summed E-state index contributed by atoms with van der Waals surface area (Å²) in [6.07, 6.45) is 4.52. The molecule has 0 unspecified atom stereocenters. The number of rotatable bonds is 7. The number of imide groups is 1. The molecule has 8 heteroatoms. The van der Waals surface area contributed by atoms with Crippen molar-refractivity contribution >= 4 is 23.4 Å². The Morgan fingerprint density at radius 3 is 2.39 bits per heavy atom. The molecule has 1 heterocycles. The minimum atomic E-state index is -0.597. The van der Waals surface area contributed by atoms with Gasteiger partial charge in [-0.15, -0.1) is 0 Å². The highest BCUT2D eigenvalue weighted by Crippen LogP contribution is 2.55. The first-order valence-corrected chi connectivity index (χ1v) is 14.0. The lowest BCUT2D eigenvalue weighted by Gasteiger charge is -2.42. The zero-order valence-corrected chi connectivity index (χ0v) is 22.7. The minimum Gasteiger partial charge on any atom is -0.508 e. The molecule has 8 nitrogen and oxygen atoms in total. The summed E-state index contributed by atoms with van der Waals surface area (Å²) in [5.74, 6) is -2.07. The Bertz CT molecular complexity index is 1530. The summed E-state index contributed by atoms with van der Waals surface area (Å²) in [4.78, 5) is 55.5. The molecule has 3 aliphatic carbocycles. The molecule has 1 fully saturated rings. The van der Waals surface area contributed by atoms with Crippen molar-refractivity contribution in [3.05, 3.63) is 94.1 Å². The van der Waals surface area contributed by atoms with Gasteiger partial charge in [0.1, 0.15) is 18.1 Å². The van der Waals surface area contributed by atoms with E-state index in [1.807, 2.05) is 18.2 Å². The number of nitrogens with zero attached hydrogens (tertiary/aromatic N) is 1. The van der Waals surface area contributed by atoms with Gasteiger partial charge in [0.25, 0.3) is 0 Å². The summed E-state index contributed by atoms with van der Waals surface area (Å²) in [6.45, 7) is 1.92. The second-order valence-corrected chi connectivity index (χ2v) is 11.1. The average Bonchev–Trinajstić information content (AvgIpc) is 3.22. The first kappa shape index (κ1) is 26.9. The van der Waals surface area contributed by atoms with Crippen molar-refractivity contribution in [1.82, 2.24) is 4.90 Å². The Kier molecular flexibility index (Phi) is 6.95. The highest BCUT2D eigenvalue weighted by molar-refractivity contribution is 6.23. The molecule has 41 heavy (non-hydrogen) atoms. The van der Waals surface area contributed by atoms with Crippen LogP contribution in [0.3, 0.4) is 0 Å². The summed E-state index contributed by atoms with van der Waals surface area (Å²) in [7, 11) is 0. The molecule has 2 aromatic rings. The molecule has 210 valence electrons. The number of allylic oxidation sites excluding steroid dienone is 6. The van der Waals surface area contributed by atoms with Gasteiger partial charge in [0, 0.05) is 29.2 Å². The number of carbonyl (C=O) groups is 4. The van der Waals surface area contributed by atoms with E-state index in [1.165, 1.54) is 11.0 Å². The van der Waals surface area contributed by atoms with Crippen LogP contribution in [0.25, 0.3) is 0 Å². The van der Waals surface area contributed by atoms with Crippen molar-refractivity contribution in [1.29, 1.82) is 0 Å². The normalized spacial score (nSPS) is 25.5. The number of carbonyl (C=O) groups excluding carboxylic acids is 4. The number of aliphatic hydroxyl groups excluding tert-OH is 1. The Balaban J connectivity index is 1.34. The monoisotopic (exact) mass is 553 g/mol. The number of fused-ring (bicyclic) bond motifs is 3. The van der Waals surface area contributed by atoms with Crippen molar-refractivity contribution in [3.63, 3.8) is 0 Å². The summed E-state index contributed by atoms with van der Waals surface area (Å²) in [5.41, 5.74) is 3.88. The molecule has 2 N–H and O–H groups in total. The van der Waals surface area contributed by atoms with Crippen LogP contribution in [-0.4, -0.2) is 58.3 Å². The van der Waals surface area contributed by atoms with Crippen molar-refractivity contribution in [2.75, 3.05) is 19.8 Å². The highest BCUT2D eigenvalue weighted by atomic mass is 16.5. The summed E-state index contributed by atoms with van der Waals surface area (Å²) in [6, 6.07) is 14.0. The number of ketones is 2. The van der Waals surface area contributed by atoms with Crippen LogP contribution in [0.15, 0.2) is 83.0 Å². The van der Waals surface area contributed by atoms with Crippen LogP contribution in [0.4, 0.5) is 0 Å². The quantitative estimate of drug-likeness (QED) is 0.306. The number of phenolic OH excluding ortho intramolecular Hbond substituents is 1. The second kappa shape index (κ2) is 10.6.